The van der Waals surface area contributed by atoms with Crippen molar-refractivity contribution in [2.24, 2.45) is 0 Å². The molecule has 150 valence electrons. The van der Waals surface area contributed by atoms with Crippen molar-refractivity contribution in [2.75, 3.05) is 25.5 Å². The summed E-state index contributed by atoms with van der Waals surface area (Å²) in [6, 6.07) is 10.3. The number of rotatable bonds is 5. The number of benzene rings is 2. The monoisotopic (exact) mass is 402 g/mol. The van der Waals surface area contributed by atoms with Crippen LogP contribution >= 0.6 is 0 Å². The SMILES string of the molecule is COc1ccc(C(=O)Nc2c(C)cccc2C)cc1S(=O)(=O)N1CCCCC1. The zero-order chi connectivity index (χ0) is 20.3. The van der Waals surface area contributed by atoms with Crippen LogP contribution in [0.5, 0.6) is 5.75 Å². The van der Waals surface area contributed by atoms with Crippen LogP contribution < -0.4 is 10.1 Å². The van der Waals surface area contributed by atoms with Gasteiger partial charge in [0.25, 0.3) is 5.91 Å². The highest BCUT2D eigenvalue weighted by Crippen LogP contribution is 2.30. The molecule has 0 saturated carbocycles. The Hall–Kier alpha value is -2.38. The number of nitrogens with zero attached hydrogens (tertiary/aromatic N) is 1. The zero-order valence-electron chi connectivity index (χ0n) is 16.5. The molecule has 28 heavy (non-hydrogen) atoms. The molecule has 0 atom stereocenters. The first-order valence-corrected chi connectivity index (χ1v) is 10.8. The van der Waals surface area contributed by atoms with Crippen molar-refractivity contribution in [1.82, 2.24) is 4.31 Å². The van der Waals surface area contributed by atoms with Crippen molar-refractivity contribution in [3.05, 3.63) is 53.1 Å². The number of para-hydroxylation sites is 1. The number of aryl methyl sites for hydroxylation is 2. The smallest absolute Gasteiger partial charge is 0.255 e. The molecular formula is C21H26N2O4S. The van der Waals surface area contributed by atoms with Crippen LogP contribution in [0.2, 0.25) is 0 Å². The van der Waals surface area contributed by atoms with E-state index >= 15 is 0 Å². The fourth-order valence-electron chi connectivity index (χ4n) is 3.46. The number of ether oxygens (including phenoxy) is 1. The normalized spacial score (nSPS) is 15.2. The maximum Gasteiger partial charge on any atom is 0.255 e. The van der Waals surface area contributed by atoms with Crippen molar-refractivity contribution in [3.63, 3.8) is 0 Å². The van der Waals surface area contributed by atoms with Gasteiger partial charge in [-0.05, 0) is 56.0 Å². The average molecular weight is 403 g/mol. The van der Waals surface area contributed by atoms with E-state index in [1.165, 1.54) is 23.5 Å². The zero-order valence-corrected chi connectivity index (χ0v) is 17.3. The minimum atomic E-state index is -3.72. The minimum Gasteiger partial charge on any atom is -0.495 e. The summed E-state index contributed by atoms with van der Waals surface area (Å²) in [6.45, 7) is 4.82. The third-order valence-electron chi connectivity index (χ3n) is 5.08. The number of sulfonamides is 1. The molecular weight excluding hydrogens is 376 g/mol. The van der Waals surface area contributed by atoms with Crippen molar-refractivity contribution >= 4 is 21.6 Å². The van der Waals surface area contributed by atoms with Gasteiger partial charge in [0.15, 0.2) is 0 Å². The van der Waals surface area contributed by atoms with Gasteiger partial charge in [-0.15, -0.1) is 0 Å². The lowest BCUT2D eigenvalue weighted by Crippen LogP contribution is -2.35. The summed E-state index contributed by atoms with van der Waals surface area (Å²) < 4.78 is 33.0. The summed E-state index contributed by atoms with van der Waals surface area (Å²) in [7, 11) is -2.29. The molecule has 0 radical (unpaired) electrons. The van der Waals surface area contributed by atoms with Crippen molar-refractivity contribution in [2.45, 2.75) is 38.0 Å². The van der Waals surface area contributed by atoms with Gasteiger partial charge < -0.3 is 10.1 Å². The summed E-state index contributed by atoms with van der Waals surface area (Å²) >= 11 is 0. The Kier molecular flexibility index (Phi) is 6.05. The predicted molar refractivity (Wildman–Crippen MR) is 109 cm³/mol. The van der Waals surface area contributed by atoms with E-state index < -0.39 is 10.0 Å². The Morgan fingerprint density at radius 2 is 1.68 bits per heavy atom. The number of hydrogen-bond donors (Lipinski definition) is 1. The minimum absolute atomic E-state index is 0.0334. The van der Waals surface area contributed by atoms with Crippen LogP contribution in [0, 0.1) is 13.8 Å². The molecule has 0 bridgehead atoms. The molecule has 1 aliphatic rings. The van der Waals surface area contributed by atoms with Gasteiger partial charge in [0.2, 0.25) is 10.0 Å². The lowest BCUT2D eigenvalue weighted by Gasteiger charge is -2.26. The average Bonchev–Trinajstić information content (AvgIpc) is 2.71. The Morgan fingerprint density at radius 1 is 1.04 bits per heavy atom. The standard InChI is InChI=1S/C21H26N2O4S/c1-15-8-7-9-16(2)20(15)22-21(24)17-10-11-18(27-3)19(14-17)28(25,26)23-12-5-4-6-13-23/h7-11,14H,4-6,12-13H2,1-3H3,(H,22,24). The van der Waals surface area contributed by atoms with Crippen molar-refractivity contribution in [1.29, 1.82) is 0 Å². The van der Waals surface area contributed by atoms with E-state index in [1.807, 2.05) is 32.0 Å². The molecule has 7 heteroatoms. The first kappa shape index (κ1) is 20.4. The van der Waals surface area contributed by atoms with Crippen molar-refractivity contribution < 1.29 is 17.9 Å². The summed E-state index contributed by atoms with van der Waals surface area (Å²) in [4.78, 5) is 12.8. The summed E-state index contributed by atoms with van der Waals surface area (Å²) in [5.74, 6) is -0.107. The number of methoxy groups -OCH3 is 1. The second kappa shape index (κ2) is 8.32. The van der Waals surface area contributed by atoms with Gasteiger partial charge in [0, 0.05) is 24.3 Å². The quantitative estimate of drug-likeness (QED) is 0.827. The first-order chi connectivity index (χ1) is 13.3. The van der Waals surface area contributed by atoms with Crippen LogP contribution in [-0.2, 0) is 10.0 Å². The molecule has 0 spiro atoms. The number of piperidine rings is 1. The van der Waals surface area contributed by atoms with E-state index in [4.69, 9.17) is 4.74 Å². The van der Waals surface area contributed by atoms with E-state index in [0.717, 1.165) is 36.1 Å². The number of carbonyl (C=O) groups excluding carboxylic acids is 1. The molecule has 0 aromatic heterocycles. The van der Waals surface area contributed by atoms with Crippen LogP contribution in [0.3, 0.4) is 0 Å². The lowest BCUT2D eigenvalue weighted by atomic mass is 10.1. The van der Waals surface area contributed by atoms with Crippen molar-refractivity contribution in [3.8, 4) is 5.75 Å². The molecule has 1 aliphatic heterocycles. The second-order valence-corrected chi connectivity index (χ2v) is 8.96. The fourth-order valence-corrected chi connectivity index (χ4v) is 5.16. The van der Waals surface area contributed by atoms with Crippen LogP contribution in [0.1, 0.15) is 40.7 Å². The highest BCUT2D eigenvalue weighted by Gasteiger charge is 2.29. The van der Waals surface area contributed by atoms with Gasteiger partial charge in [-0.3, -0.25) is 4.79 Å². The van der Waals surface area contributed by atoms with Gasteiger partial charge in [-0.25, -0.2) is 8.42 Å². The number of carbonyl (C=O) groups is 1. The first-order valence-electron chi connectivity index (χ1n) is 9.40. The topological polar surface area (TPSA) is 75.7 Å². The number of anilines is 1. The molecule has 0 unspecified atom stereocenters. The fraction of sp³-hybridized carbons (Fsp3) is 0.381. The van der Waals surface area contributed by atoms with Crippen LogP contribution in [0.4, 0.5) is 5.69 Å². The Balaban J connectivity index is 1.95. The molecule has 1 amide bonds. The molecule has 1 fully saturated rings. The number of hydrogen-bond acceptors (Lipinski definition) is 4. The van der Waals surface area contributed by atoms with Gasteiger partial charge in [0.05, 0.1) is 7.11 Å². The summed E-state index contributed by atoms with van der Waals surface area (Å²) in [6.07, 6.45) is 2.71. The van der Waals surface area contributed by atoms with Crippen LogP contribution in [-0.4, -0.2) is 38.8 Å². The molecule has 1 heterocycles. The summed E-state index contributed by atoms with van der Waals surface area (Å²) in [5, 5.41) is 2.90. The van der Waals surface area contributed by atoms with E-state index in [0.29, 0.717) is 13.1 Å². The molecule has 1 saturated heterocycles. The molecule has 2 aromatic carbocycles. The van der Waals surface area contributed by atoms with E-state index in [2.05, 4.69) is 5.32 Å². The molecule has 1 N–H and O–H groups in total. The number of amides is 1. The highest BCUT2D eigenvalue weighted by molar-refractivity contribution is 7.89. The number of nitrogens with one attached hydrogen (secondary N) is 1. The molecule has 2 aromatic rings. The molecule has 6 nitrogen and oxygen atoms in total. The Bertz CT molecular complexity index is 960. The second-order valence-electron chi connectivity index (χ2n) is 7.05. The maximum absolute atomic E-state index is 13.1. The predicted octanol–water partition coefficient (Wildman–Crippen LogP) is 3.74. The van der Waals surface area contributed by atoms with E-state index in [1.54, 1.807) is 6.07 Å². The van der Waals surface area contributed by atoms with Crippen LogP contribution in [0.15, 0.2) is 41.3 Å². The van der Waals surface area contributed by atoms with E-state index in [-0.39, 0.29) is 22.1 Å². The third-order valence-corrected chi connectivity index (χ3v) is 7.00. The summed E-state index contributed by atoms with van der Waals surface area (Å²) in [5.41, 5.74) is 2.91. The third kappa shape index (κ3) is 4.05. The molecule has 0 aliphatic carbocycles. The largest absolute Gasteiger partial charge is 0.495 e. The highest BCUT2D eigenvalue weighted by atomic mass is 32.2. The van der Waals surface area contributed by atoms with Crippen LogP contribution in [0.25, 0.3) is 0 Å². The Morgan fingerprint density at radius 3 is 2.29 bits per heavy atom. The Labute approximate surface area is 166 Å². The van der Waals surface area contributed by atoms with Gasteiger partial charge >= 0.3 is 0 Å². The van der Waals surface area contributed by atoms with E-state index in [9.17, 15) is 13.2 Å². The lowest BCUT2D eigenvalue weighted by molar-refractivity contribution is 0.102. The maximum atomic E-state index is 13.1. The van der Waals surface area contributed by atoms with Gasteiger partial charge in [0.1, 0.15) is 10.6 Å². The van der Waals surface area contributed by atoms with Gasteiger partial charge in [-0.2, -0.15) is 4.31 Å². The molecule has 3 rings (SSSR count). The van der Waals surface area contributed by atoms with Gasteiger partial charge in [-0.1, -0.05) is 24.6 Å².